The van der Waals surface area contributed by atoms with Crippen molar-refractivity contribution in [3.8, 4) is 16.3 Å². The summed E-state index contributed by atoms with van der Waals surface area (Å²) in [5.74, 6) is 0.977. The topological polar surface area (TPSA) is 39.2 Å². The van der Waals surface area contributed by atoms with E-state index >= 15 is 0 Å². The first-order valence-corrected chi connectivity index (χ1v) is 6.77. The van der Waals surface area contributed by atoms with E-state index in [1.807, 2.05) is 24.3 Å². The summed E-state index contributed by atoms with van der Waals surface area (Å²) in [4.78, 5) is 17.4. The predicted molar refractivity (Wildman–Crippen MR) is 71.4 cm³/mol. The highest BCUT2D eigenvalue weighted by molar-refractivity contribution is 7.15. The Morgan fingerprint density at radius 2 is 2.11 bits per heavy atom. The summed E-state index contributed by atoms with van der Waals surface area (Å²) < 4.78 is 5.34. The smallest absolute Gasteiger partial charge is 0.182 e. The van der Waals surface area contributed by atoms with E-state index in [-0.39, 0.29) is 5.78 Å². The van der Waals surface area contributed by atoms with Gasteiger partial charge in [0.25, 0.3) is 0 Å². The van der Waals surface area contributed by atoms with E-state index in [0.717, 1.165) is 34.0 Å². The molecule has 0 unspecified atom stereocenters. The minimum absolute atomic E-state index is 0.175. The monoisotopic (exact) mass is 259 g/mol. The molecule has 2 aromatic rings. The maximum atomic E-state index is 11.8. The van der Waals surface area contributed by atoms with Gasteiger partial charge in [-0.25, -0.2) is 4.98 Å². The molecule has 1 aromatic heterocycles. The molecule has 4 heteroatoms. The molecule has 1 aliphatic rings. The van der Waals surface area contributed by atoms with Crippen LogP contribution in [0.2, 0.25) is 0 Å². The first-order chi connectivity index (χ1) is 8.79. The number of rotatable bonds is 2. The van der Waals surface area contributed by atoms with Crippen LogP contribution >= 0.6 is 11.3 Å². The van der Waals surface area contributed by atoms with Crippen LogP contribution in [0.1, 0.15) is 28.2 Å². The number of carbonyl (C=O) groups excluding carboxylic acids is 1. The van der Waals surface area contributed by atoms with Crippen molar-refractivity contribution in [1.29, 1.82) is 0 Å². The number of ketones is 1. The zero-order chi connectivity index (χ0) is 12.5. The van der Waals surface area contributed by atoms with Gasteiger partial charge >= 0.3 is 0 Å². The Morgan fingerprint density at radius 3 is 2.89 bits per heavy atom. The van der Waals surface area contributed by atoms with Gasteiger partial charge in [-0.3, -0.25) is 4.79 Å². The van der Waals surface area contributed by atoms with E-state index in [2.05, 4.69) is 4.98 Å². The van der Waals surface area contributed by atoms with E-state index < -0.39 is 0 Å². The van der Waals surface area contributed by atoms with Gasteiger partial charge in [-0.15, -0.1) is 11.3 Å². The van der Waals surface area contributed by atoms with Crippen LogP contribution < -0.4 is 4.74 Å². The lowest BCUT2D eigenvalue weighted by Crippen LogP contribution is -2.08. The highest BCUT2D eigenvalue weighted by atomic mass is 32.1. The average molecular weight is 259 g/mol. The lowest BCUT2D eigenvalue weighted by Gasteiger charge is -2.06. The first kappa shape index (κ1) is 11.4. The Labute approximate surface area is 109 Å². The Bertz CT molecular complexity index is 604. The molecule has 0 bridgehead atoms. The number of Topliss-reactive ketones (excluding diaryl/α,β-unsaturated/α-hetero) is 1. The number of aryl methyl sites for hydroxylation is 1. The van der Waals surface area contributed by atoms with Crippen molar-refractivity contribution in [2.75, 3.05) is 7.11 Å². The van der Waals surface area contributed by atoms with Gasteiger partial charge in [0.15, 0.2) is 5.78 Å². The molecule has 3 nitrogen and oxygen atoms in total. The van der Waals surface area contributed by atoms with Crippen molar-refractivity contribution in [2.45, 2.75) is 19.3 Å². The summed E-state index contributed by atoms with van der Waals surface area (Å²) in [5, 5.41) is 0.882. The summed E-state index contributed by atoms with van der Waals surface area (Å²) >= 11 is 1.61. The largest absolute Gasteiger partial charge is 0.496 e. The lowest BCUT2D eigenvalue weighted by molar-refractivity contribution is 0.0968. The molecular weight excluding hydrogens is 246 g/mol. The molecule has 0 aliphatic heterocycles. The van der Waals surface area contributed by atoms with E-state index in [4.69, 9.17) is 4.74 Å². The number of methoxy groups -OCH3 is 1. The van der Waals surface area contributed by atoms with Crippen molar-refractivity contribution in [2.24, 2.45) is 0 Å². The van der Waals surface area contributed by atoms with Gasteiger partial charge in [-0.2, -0.15) is 0 Å². The van der Waals surface area contributed by atoms with Crippen molar-refractivity contribution < 1.29 is 9.53 Å². The third-order valence-corrected chi connectivity index (χ3v) is 4.25. The molecule has 0 N–H and O–H groups in total. The predicted octanol–water partition coefficient (Wildman–Crippen LogP) is 3.34. The summed E-state index contributed by atoms with van der Waals surface area (Å²) in [6.07, 6.45) is 2.54. The van der Waals surface area contributed by atoms with Gasteiger partial charge in [0.2, 0.25) is 0 Å². The molecule has 0 fully saturated rings. The highest BCUT2D eigenvalue weighted by Crippen LogP contribution is 2.36. The number of hydrogen-bond donors (Lipinski definition) is 0. The molecule has 1 heterocycles. The minimum Gasteiger partial charge on any atom is -0.496 e. The quantitative estimate of drug-likeness (QED) is 0.830. The number of thiazole rings is 1. The second kappa shape index (κ2) is 4.53. The first-order valence-electron chi connectivity index (χ1n) is 5.96. The van der Waals surface area contributed by atoms with Gasteiger partial charge in [0.1, 0.15) is 16.5 Å². The normalized spacial score (nSPS) is 14.4. The van der Waals surface area contributed by atoms with Gasteiger partial charge in [0.05, 0.1) is 12.7 Å². The molecule has 0 radical (unpaired) electrons. The highest BCUT2D eigenvalue weighted by Gasteiger charge is 2.23. The van der Waals surface area contributed by atoms with Crippen LogP contribution in [0.4, 0.5) is 0 Å². The van der Waals surface area contributed by atoms with Crippen LogP contribution in [-0.2, 0) is 6.42 Å². The van der Waals surface area contributed by atoms with E-state index in [0.29, 0.717) is 12.1 Å². The number of ether oxygens (including phenoxy) is 1. The van der Waals surface area contributed by atoms with Crippen LogP contribution in [0.15, 0.2) is 24.3 Å². The third kappa shape index (κ3) is 1.82. The maximum absolute atomic E-state index is 11.8. The maximum Gasteiger partial charge on any atom is 0.182 e. The number of fused-ring (bicyclic) bond motifs is 1. The van der Waals surface area contributed by atoms with Crippen molar-refractivity contribution in [1.82, 2.24) is 4.98 Å². The number of carbonyl (C=O) groups is 1. The molecule has 0 amide bonds. The summed E-state index contributed by atoms with van der Waals surface area (Å²) in [6, 6.07) is 7.78. The molecule has 0 saturated carbocycles. The molecule has 3 rings (SSSR count). The molecule has 1 aliphatic carbocycles. The number of nitrogens with zero attached hydrogens (tertiary/aromatic N) is 1. The summed E-state index contributed by atoms with van der Waals surface area (Å²) in [6.45, 7) is 0. The van der Waals surface area contributed by atoms with Gasteiger partial charge in [0, 0.05) is 11.3 Å². The van der Waals surface area contributed by atoms with Crippen LogP contribution in [0, 0.1) is 0 Å². The minimum atomic E-state index is 0.175. The Balaban J connectivity index is 2.10. The third-order valence-electron chi connectivity index (χ3n) is 3.11. The Morgan fingerprint density at radius 1 is 1.28 bits per heavy atom. The summed E-state index contributed by atoms with van der Waals surface area (Å²) in [7, 11) is 1.65. The molecule has 1 aromatic carbocycles. The fraction of sp³-hybridized carbons (Fsp3) is 0.286. The molecule has 0 atom stereocenters. The average Bonchev–Trinajstić information content (AvgIpc) is 2.84. The van der Waals surface area contributed by atoms with Gasteiger partial charge < -0.3 is 4.74 Å². The molecule has 0 spiro atoms. The van der Waals surface area contributed by atoms with Crippen LogP contribution in [0.25, 0.3) is 10.6 Å². The number of aromatic nitrogens is 1. The number of benzene rings is 1. The standard InChI is InChI=1S/C14H13NO2S/c1-17-11-7-3-2-5-9(11)14-15-13-10(16)6-4-8-12(13)18-14/h2-3,5,7H,4,6,8H2,1H3. The second-order valence-electron chi connectivity index (χ2n) is 4.27. The van der Waals surface area contributed by atoms with Gasteiger partial charge in [-0.1, -0.05) is 12.1 Å². The van der Waals surface area contributed by atoms with E-state index in [9.17, 15) is 4.79 Å². The van der Waals surface area contributed by atoms with Crippen LogP contribution in [-0.4, -0.2) is 17.9 Å². The number of para-hydroxylation sites is 1. The van der Waals surface area contributed by atoms with Crippen molar-refractivity contribution >= 4 is 17.1 Å². The fourth-order valence-electron chi connectivity index (χ4n) is 2.20. The van der Waals surface area contributed by atoms with Crippen LogP contribution in [0.3, 0.4) is 0 Å². The van der Waals surface area contributed by atoms with Gasteiger partial charge in [-0.05, 0) is 25.0 Å². The Kier molecular flexibility index (Phi) is 2.88. The van der Waals surface area contributed by atoms with Crippen molar-refractivity contribution in [3.05, 3.63) is 34.8 Å². The number of hydrogen-bond acceptors (Lipinski definition) is 4. The molecule has 0 saturated heterocycles. The molecule has 18 heavy (non-hydrogen) atoms. The van der Waals surface area contributed by atoms with E-state index in [1.165, 1.54) is 0 Å². The lowest BCUT2D eigenvalue weighted by atomic mass is 10.0. The fourth-order valence-corrected chi connectivity index (χ4v) is 3.35. The summed E-state index contributed by atoms with van der Waals surface area (Å²) in [5.41, 5.74) is 1.64. The second-order valence-corrected chi connectivity index (χ2v) is 5.35. The molecular formula is C14H13NO2S. The Hall–Kier alpha value is -1.68. The SMILES string of the molecule is COc1ccccc1-c1nc2c(s1)CCCC2=O. The molecule has 92 valence electrons. The zero-order valence-electron chi connectivity index (χ0n) is 10.1. The van der Waals surface area contributed by atoms with Crippen LogP contribution in [0.5, 0.6) is 5.75 Å². The van der Waals surface area contributed by atoms with E-state index in [1.54, 1.807) is 18.4 Å². The zero-order valence-corrected chi connectivity index (χ0v) is 10.9. The van der Waals surface area contributed by atoms with Crippen molar-refractivity contribution in [3.63, 3.8) is 0 Å².